The average molecular weight is 347 g/mol. The van der Waals surface area contributed by atoms with Crippen LogP contribution >= 0.6 is 0 Å². The lowest BCUT2D eigenvalue weighted by Crippen LogP contribution is -2.38. The number of carbonyl (C=O) groups excluding carboxylic acids is 1. The number of hydrogen-bond donors (Lipinski definition) is 1. The van der Waals surface area contributed by atoms with Crippen LogP contribution in [0.1, 0.15) is 44.1 Å². The second kappa shape index (κ2) is 9.09. The molecule has 1 fully saturated rings. The zero-order chi connectivity index (χ0) is 17.5. The minimum atomic E-state index is -0.125. The summed E-state index contributed by atoms with van der Waals surface area (Å²) in [5, 5.41) is 3.02. The summed E-state index contributed by atoms with van der Waals surface area (Å²) in [6, 6.07) is 5.77. The van der Waals surface area contributed by atoms with Crippen LogP contribution in [0, 0.1) is 5.92 Å². The molecule has 0 spiro atoms. The smallest absolute Gasteiger partial charge is 0.226 e. The lowest BCUT2D eigenvalue weighted by molar-refractivity contribution is -0.126. The van der Waals surface area contributed by atoms with Gasteiger partial charge in [-0.25, -0.2) is 0 Å². The Morgan fingerprint density at radius 1 is 1.28 bits per heavy atom. The average Bonchev–Trinajstić information content (AvgIpc) is 2.67. The van der Waals surface area contributed by atoms with Gasteiger partial charge in [-0.3, -0.25) is 4.79 Å². The molecule has 1 aromatic rings. The summed E-state index contributed by atoms with van der Waals surface area (Å²) < 4.78 is 16.8. The van der Waals surface area contributed by atoms with Crippen LogP contribution in [-0.4, -0.2) is 38.9 Å². The minimum Gasteiger partial charge on any atom is -0.497 e. The monoisotopic (exact) mass is 347 g/mol. The van der Waals surface area contributed by atoms with Gasteiger partial charge < -0.3 is 19.5 Å². The van der Waals surface area contributed by atoms with Gasteiger partial charge in [-0.2, -0.15) is 0 Å². The van der Waals surface area contributed by atoms with Gasteiger partial charge >= 0.3 is 0 Å². The number of fused-ring (bicyclic) bond motifs is 1. The van der Waals surface area contributed by atoms with Crippen molar-refractivity contribution in [3.63, 3.8) is 0 Å². The van der Waals surface area contributed by atoms with Crippen molar-refractivity contribution in [2.24, 2.45) is 5.92 Å². The molecule has 1 N–H and O–H groups in total. The van der Waals surface area contributed by atoms with Crippen LogP contribution in [0.4, 0.5) is 0 Å². The largest absolute Gasteiger partial charge is 0.497 e. The Labute approximate surface area is 150 Å². The van der Waals surface area contributed by atoms with Crippen molar-refractivity contribution in [3.8, 4) is 11.5 Å². The van der Waals surface area contributed by atoms with Gasteiger partial charge in [0.15, 0.2) is 0 Å². The van der Waals surface area contributed by atoms with E-state index in [0.29, 0.717) is 25.7 Å². The molecule has 1 aliphatic carbocycles. The Balaban J connectivity index is 1.35. The quantitative estimate of drug-likeness (QED) is 0.770. The summed E-state index contributed by atoms with van der Waals surface area (Å²) in [4.78, 5) is 12.3. The van der Waals surface area contributed by atoms with Crippen LogP contribution in [0.25, 0.3) is 0 Å². The molecule has 5 heteroatoms. The van der Waals surface area contributed by atoms with E-state index in [-0.39, 0.29) is 11.8 Å². The third kappa shape index (κ3) is 5.11. The highest BCUT2D eigenvalue weighted by Gasteiger charge is 2.26. The van der Waals surface area contributed by atoms with Crippen molar-refractivity contribution in [1.29, 1.82) is 0 Å². The molecule has 5 nitrogen and oxygen atoms in total. The summed E-state index contributed by atoms with van der Waals surface area (Å²) in [6.45, 7) is 1.82. The fraction of sp³-hybridized carbons (Fsp3) is 0.650. The van der Waals surface area contributed by atoms with Gasteiger partial charge in [-0.15, -0.1) is 0 Å². The number of nitrogens with one attached hydrogen (secondary N) is 1. The molecule has 0 unspecified atom stereocenters. The fourth-order valence-electron chi connectivity index (χ4n) is 3.56. The number of benzene rings is 1. The second-order valence-corrected chi connectivity index (χ2v) is 6.96. The van der Waals surface area contributed by atoms with E-state index in [9.17, 15) is 4.79 Å². The highest BCUT2D eigenvalue weighted by atomic mass is 16.5. The van der Waals surface area contributed by atoms with E-state index < -0.39 is 0 Å². The van der Waals surface area contributed by atoms with Gasteiger partial charge in [-0.1, -0.05) is 25.3 Å². The first-order valence-electron chi connectivity index (χ1n) is 9.45. The van der Waals surface area contributed by atoms with E-state index in [1.54, 1.807) is 7.11 Å². The van der Waals surface area contributed by atoms with Crippen LogP contribution in [0.15, 0.2) is 18.2 Å². The van der Waals surface area contributed by atoms with E-state index >= 15 is 0 Å². The Morgan fingerprint density at radius 2 is 2.12 bits per heavy atom. The van der Waals surface area contributed by atoms with Gasteiger partial charge in [0.25, 0.3) is 0 Å². The number of carbonyl (C=O) groups is 1. The van der Waals surface area contributed by atoms with Crippen molar-refractivity contribution in [2.45, 2.75) is 51.0 Å². The number of ether oxygens (including phenoxy) is 3. The predicted octanol–water partition coefficient (Wildman–Crippen LogP) is 3.10. The van der Waals surface area contributed by atoms with E-state index in [4.69, 9.17) is 14.2 Å². The third-order valence-electron chi connectivity index (χ3n) is 5.08. The number of methoxy groups -OCH3 is 1. The lowest BCUT2D eigenvalue weighted by atomic mass is 9.96. The molecule has 1 heterocycles. The standard InChI is InChI=1S/C20H29NO4/c1-23-18-9-8-15-12-16(14-25-19(15)13-18)20(22)21-10-5-11-24-17-6-3-2-4-7-17/h8-9,13,16-17H,2-7,10-12,14H2,1H3,(H,21,22)/t16-/m0/s1. The second-order valence-electron chi connectivity index (χ2n) is 6.96. The molecule has 3 rings (SSSR count). The first-order valence-corrected chi connectivity index (χ1v) is 9.45. The van der Waals surface area contributed by atoms with Crippen molar-refractivity contribution in [1.82, 2.24) is 5.32 Å². The maximum atomic E-state index is 12.3. The molecule has 138 valence electrons. The highest BCUT2D eigenvalue weighted by Crippen LogP contribution is 2.31. The number of amides is 1. The molecular weight excluding hydrogens is 318 g/mol. The molecule has 0 saturated heterocycles. The van der Waals surface area contributed by atoms with E-state index in [2.05, 4.69) is 5.32 Å². The maximum absolute atomic E-state index is 12.3. The molecule has 1 saturated carbocycles. The topological polar surface area (TPSA) is 56.8 Å². The molecular formula is C20H29NO4. The van der Waals surface area contributed by atoms with Gasteiger partial charge in [0.2, 0.25) is 5.91 Å². The molecule has 1 aliphatic heterocycles. The van der Waals surface area contributed by atoms with E-state index in [0.717, 1.165) is 30.1 Å². The Bertz CT molecular complexity index is 569. The SMILES string of the molecule is COc1ccc2c(c1)OC[C@@H](C(=O)NCCCOC1CCCCC1)C2. The normalized spacial score (nSPS) is 20.4. The van der Waals surface area contributed by atoms with E-state index in [1.165, 1.54) is 32.1 Å². The molecule has 0 aromatic heterocycles. The molecule has 0 bridgehead atoms. The van der Waals surface area contributed by atoms with Gasteiger partial charge in [0, 0.05) is 19.2 Å². The van der Waals surface area contributed by atoms with Crippen LogP contribution in [0.5, 0.6) is 11.5 Å². The van der Waals surface area contributed by atoms with Crippen molar-refractivity contribution < 1.29 is 19.0 Å². The summed E-state index contributed by atoms with van der Waals surface area (Å²) in [7, 11) is 1.64. The first kappa shape index (κ1) is 18.1. The highest BCUT2D eigenvalue weighted by molar-refractivity contribution is 5.79. The zero-order valence-corrected chi connectivity index (χ0v) is 15.1. The minimum absolute atomic E-state index is 0.0686. The molecule has 2 aliphatic rings. The van der Waals surface area contributed by atoms with Crippen LogP contribution in [0.2, 0.25) is 0 Å². The van der Waals surface area contributed by atoms with Crippen molar-refractivity contribution in [2.75, 3.05) is 26.9 Å². The first-order chi connectivity index (χ1) is 12.3. The summed E-state index contributed by atoms with van der Waals surface area (Å²) in [6.07, 6.45) is 8.31. The van der Waals surface area contributed by atoms with Crippen LogP contribution in [0.3, 0.4) is 0 Å². The van der Waals surface area contributed by atoms with Crippen LogP contribution < -0.4 is 14.8 Å². The maximum Gasteiger partial charge on any atom is 0.226 e. The summed E-state index contributed by atoms with van der Waals surface area (Å²) in [5.41, 5.74) is 1.06. The Hall–Kier alpha value is -1.75. The molecule has 1 atom stereocenters. The van der Waals surface area contributed by atoms with Crippen molar-refractivity contribution in [3.05, 3.63) is 23.8 Å². The van der Waals surface area contributed by atoms with Gasteiger partial charge in [0.05, 0.1) is 19.1 Å². The Kier molecular flexibility index (Phi) is 6.56. The summed E-state index contributed by atoms with van der Waals surface area (Å²) >= 11 is 0. The van der Waals surface area contributed by atoms with Crippen molar-refractivity contribution >= 4 is 5.91 Å². The number of hydrogen-bond acceptors (Lipinski definition) is 4. The molecule has 1 aromatic carbocycles. The van der Waals surface area contributed by atoms with Gasteiger partial charge in [0.1, 0.15) is 18.1 Å². The fourth-order valence-corrected chi connectivity index (χ4v) is 3.56. The zero-order valence-electron chi connectivity index (χ0n) is 15.1. The lowest BCUT2D eigenvalue weighted by Gasteiger charge is -2.25. The van der Waals surface area contributed by atoms with Gasteiger partial charge in [-0.05, 0) is 37.3 Å². The predicted molar refractivity (Wildman–Crippen MR) is 96.1 cm³/mol. The molecule has 1 amide bonds. The molecule has 25 heavy (non-hydrogen) atoms. The van der Waals surface area contributed by atoms with Crippen LogP contribution in [-0.2, 0) is 16.0 Å². The summed E-state index contributed by atoms with van der Waals surface area (Å²) in [5.74, 6) is 1.54. The van der Waals surface area contributed by atoms with E-state index in [1.807, 2.05) is 18.2 Å². The molecule has 0 radical (unpaired) electrons. The third-order valence-corrected chi connectivity index (χ3v) is 5.08. The number of rotatable bonds is 7. The Morgan fingerprint density at radius 3 is 2.92 bits per heavy atom.